The summed E-state index contributed by atoms with van der Waals surface area (Å²) >= 11 is 6.08. The predicted octanol–water partition coefficient (Wildman–Crippen LogP) is 3.33. The largest absolute Gasteiger partial charge is 0.370 e. The lowest BCUT2D eigenvalue weighted by Gasteiger charge is -2.18. The van der Waals surface area contributed by atoms with Crippen molar-refractivity contribution >= 4 is 29.0 Å². The number of anilines is 1. The molecule has 0 aromatic heterocycles. The summed E-state index contributed by atoms with van der Waals surface area (Å²) in [5.74, 6) is 0.593. The Morgan fingerprint density at radius 3 is 2.68 bits per heavy atom. The van der Waals surface area contributed by atoms with Gasteiger partial charge in [-0.05, 0) is 30.7 Å². The molecule has 3 rings (SSSR count). The van der Waals surface area contributed by atoms with E-state index in [0.29, 0.717) is 10.6 Å². The van der Waals surface area contributed by atoms with Gasteiger partial charge in [-0.3, -0.25) is 9.79 Å². The van der Waals surface area contributed by atoms with Crippen LogP contribution in [0.3, 0.4) is 0 Å². The fourth-order valence-electron chi connectivity index (χ4n) is 2.35. The topological polar surface area (TPSA) is 53.5 Å². The zero-order chi connectivity index (χ0) is 15.4. The van der Waals surface area contributed by atoms with Gasteiger partial charge in [0, 0.05) is 18.7 Å². The maximum absolute atomic E-state index is 12.4. The van der Waals surface area contributed by atoms with Crippen molar-refractivity contribution in [1.82, 2.24) is 5.32 Å². The summed E-state index contributed by atoms with van der Waals surface area (Å²) < 4.78 is 0. The van der Waals surface area contributed by atoms with E-state index >= 15 is 0 Å². The summed E-state index contributed by atoms with van der Waals surface area (Å²) in [6.45, 7) is 1.70. The molecule has 1 aliphatic heterocycles. The molecule has 1 aliphatic rings. The monoisotopic (exact) mass is 313 g/mol. The summed E-state index contributed by atoms with van der Waals surface area (Å²) in [5, 5.41) is 6.63. The first-order valence-electron chi connectivity index (χ1n) is 7.19. The van der Waals surface area contributed by atoms with Gasteiger partial charge in [0.15, 0.2) is 0 Å². The van der Waals surface area contributed by atoms with Gasteiger partial charge in [0.1, 0.15) is 5.84 Å². The highest BCUT2D eigenvalue weighted by molar-refractivity contribution is 6.34. The van der Waals surface area contributed by atoms with Crippen LogP contribution in [-0.4, -0.2) is 24.8 Å². The number of hydrogen-bond acceptors (Lipinski definition) is 3. The van der Waals surface area contributed by atoms with Crippen LogP contribution >= 0.6 is 11.6 Å². The van der Waals surface area contributed by atoms with Gasteiger partial charge >= 0.3 is 0 Å². The number of carbonyl (C=O) groups is 1. The number of aliphatic imine (C=N–C) groups is 1. The lowest BCUT2D eigenvalue weighted by Crippen LogP contribution is -2.31. The van der Waals surface area contributed by atoms with Crippen LogP contribution in [0.15, 0.2) is 53.5 Å². The van der Waals surface area contributed by atoms with Crippen molar-refractivity contribution in [3.05, 3.63) is 64.7 Å². The molecule has 0 unspecified atom stereocenters. The Kier molecular flexibility index (Phi) is 4.39. The molecule has 112 valence electrons. The van der Waals surface area contributed by atoms with E-state index in [4.69, 9.17) is 11.6 Å². The van der Waals surface area contributed by atoms with Gasteiger partial charge in [-0.15, -0.1) is 0 Å². The molecule has 1 heterocycles. The maximum Gasteiger partial charge on any atom is 0.257 e. The highest BCUT2D eigenvalue weighted by atomic mass is 35.5. The van der Waals surface area contributed by atoms with E-state index in [1.807, 2.05) is 24.3 Å². The molecular formula is C17H16ClN3O. The van der Waals surface area contributed by atoms with Crippen molar-refractivity contribution in [2.45, 2.75) is 6.42 Å². The molecule has 2 N–H and O–H groups in total. The molecule has 0 fully saturated rings. The molecule has 22 heavy (non-hydrogen) atoms. The molecule has 0 saturated carbocycles. The molecule has 0 aliphatic carbocycles. The van der Waals surface area contributed by atoms with Crippen molar-refractivity contribution in [2.24, 2.45) is 4.99 Å². The van der Waals surface area contributed by atoms with Crippen LogP contribution in [0.25, 0.3) is 0 Å². The minimum Gasteiger partial charge on any atom is -0.370 e. The molecule has 2 aromatic rings. The third kappa shape index (κ3) is 3.12. The fraction of sp³-hybridized carbons (Fsp3) is 0.176. The summed E-state index contributed by atoms with van der Waals surface area (Å²) in [7, 11) is 0. The lowest BCUT2D eigenvalue weighted by atomic mass is 10.1. The average Bonchev–Trinajstić information content (AvgIpc) is 2.56. The second kappa shape index (κ2) is 6.62. The van der Waals surface area contributed by atoms with Crippen molar-refractivity contribution < 1.29 is 4.79 Å². The van der Waals surface area contributed by atoms with Crippen LogP contribution in [0.5, 0.6) is 0 Å². The second-order valence-electron chi connectivity index (χ2n) is 4.99. The molecule has 0 bridgehead atoms. The number of nitrogens with zero attached hydrogens (tertiary/aromatic N) is 1. The number of hydrogen-bond donors (Lipinski definition) is 2. The van der Waals surface area contributed by atoms with Crippen molar-refractivity contribution in [2.75, 3.05) is 18.4 Å². The maximum atomic E-state index is 12.4. The van der Waals surface area contributed by atoms with Crippen LogP contribution in [-0.2, 0) is 0 Å². The SMILES string of the molecule is O=C(Nc1ccccc1C1=NCCCN1)c1ccccc1Cl. The Labute approximate surface area is 134 Å². The average molecular weight is 314 g/mol. The van der Waals surface area contributed by atoms with Crippen LogP contribution < -0.4 is 10.6 Å². The second-order valence-corrected chi connectivity index (χ2v) is 5.40. The minimum atomic E-state index is -0.227. The Hall–Kier alpha value is -2.33. The third-order valence-corrected chi connectivity index (χ3v) is 3.78. The molecule has 1 amide bonds. The minimum absolute atomic E-state index is 0.227. The number of para-hydroxylation sites is 1. The smallest absolute Gasteiger partial charge is 0.257 e. The normalized spacial score (nSPS) is 14.0. The van der Waals surface area contributed by atoms with E-state index in [1.165, 1.54) is 0 Å². The van der Waals surface area contributed by atoms with Gasteiger partial charge in [-0.1, -0.05) is 35.9 Å². The van der Waals surface area contributed by atoms with Crippen molar-refractivity contribution in [3.63, 3.8) is 0 Å². The van der Waals surface area contributed by atoms with E-state index in [0.717, 1.165) is 36.6 Å². The number of halogens is 1. The number of amidine groups is 1. The van der Waals surface area contributed by atoms with E-state index in [2.05, 4.69) is 15.6 Å². The molecule has 0 radical (unpaired) electrons. The van der Waals surface area contributed by atoms with Crippen LogP contribution in [0, 0.1) is 0 Å². The van der Waals surface area contributed by atoms with Gasteiger partial charge < -0.3 is 10.6 Å². The van der Waals surface area contributed by atoms with E-state index in [1.54, 1.807) is 24.3 Å². The molecular weight excluding hydrogens is 298 g/mol. The van der Waals surface area contributed by atoms with E-state index in [9.17, 15) is 4.79 Å². The Balaban J connectivity index is 1.88. The Morgan fingerprint density at radius 2 is 1.91 bits per heavy atom. The first-order chi connectivity index (χ1) is 10.8. The Morgan fingerprint density at radius 1 is 1.14 bits per heavy atom. The molecule has 4 nitrogen and oxygen atoms in total. The summed E-state index contributed by atoms with van der Waals surface area (Å²) in [5.41, 5.74) is 2.07. The first kappa shape index (κ1) is 14.6. The number of nitrogens with one attached hydrogen (secondary N) is 2. The standard InChI is InChI=1S/C17H16ClN3O/c18-14-8-3-1-6-12(14)17(22)21-15-9-4-2-7-13(15)16-19-10-5-11-20-16/h1-4,6-9H,5,10-11H2,(H,19,20)(H,21,22). The van der Waals surface area contributed by atoms with Crippen LogP contribution in [0.2, 0.25) is 5.02 Å². The first-order valence-corrected chi connectivity index (χ1v) is 7.57. The predicted molar refractivity (Wildman–Crippen MR) is 89.9 cm³/mol. The third-order valence-electron chi connectivity index (χ3n) is 3.45. The number of carbonyl (C=O) groups excluding carboxylic acids is 1. The highest BCUT2D eigenvalue weighted by Crippen LogP contribution is 2.20. The summed E-state index contributed by atoms with van der Waals surface area (Å²) in [6, 6.07) is 14.6. The van der Waals surface area contributed by atoms with Crippen LogP contribution in [0.4, 0.5) is 5.69 Å². The van der Waals surface area contributed by atoms with Gasteiger partial charge in [0.2, 0.25) is 0 Å². The molecule has 2 aromatic carbocycles. The fourth-order valence-corrected chi connectivity index (χ4v) is 2.57. The molecule has 0 spiro atoms. The Bertz CT molecular complexity index is 727. The van der Waals surface area contributed by atoms with Gasteiger partial charge in [0.05, 0.1) is 16.3 Å². The summed E-state index contributed by atoms with van der Waals surface area (Å²) in [4.78, 5) is 16.9. The van der Waals surface area contributed by atoms with Crippen LogP contribution in [0.1, 0.15) is 22.3 Å². The van der Waals surface area contributed by atoms with Gasteiger partial charge in [-0.2, -0.15) is 0 Å². The molecule has 5 heteroatoms. The highest BCUT2D eigenvalue weighted by Gasteiger charge is 2.15. The van der Waals surface area contributed by atoms with Crippen molar-refractivity contribution in [1.29, 1.82) is 0 Å². The zero-order valence-electron chi connectivity index (χ0n) is 12.0. The number of benzene rings is 2. The quantitative estimate of drug-likeness (QED) is 0.913. The number of rotatable bonds is 3. The lowest BCUT2D eigenvalue weighted by molar-refractivity contribution is 0.102. The van der Waals surface area contributed by atoms with Gasteiger partial charge in [-0.25, -0.2) is 0 Å². The summed E-state index contributed by atoms with van der Waals surface area (Å²) in [6.07, 6.45) is 1.03. The van der Waals surface area contributed by atoms with E-state index in [-0.39, 0.29) is 5.91 Å². The van der Waals surface area contributed by atoms with Crippen molar-refractivity contribution in [3.8, 4) is 0 Å². The van der Waals surface area contributed by atoms with Gasteiger partial charge in [0.25, 0.3) is 5.91 Å². The number of amides is 1. The molecule has 0 atom stereocenters. The van der Waals surface area contributed by atoms with E-state index < -0.39 is 0 Å². The molecule has 0 saturated heterocycles. The zero-order valence-corrected chi connectivity index (χ0v) is 12.7.